The second-order valence-electron chi connectivity index (χ2n) is 8.68. The highest BCUT2D eigenvalue weighted by Crippen LogP contribution is 2.35. The molecular weight excluding hydrogens is 425 g/mol. The van der Waals surface area contributed by atoms with E-state index in [4.69, 9.17) is 9.47 Å². The highest BCUT2D eigenvalue weighted by molar-refractivity contribution is 6.06. The van der Waals surface area contributed by atoms with Gasteiger partial charge in [-0.2, -0.15) is 0 Å². The monoisotopic (exact) mass is 449 g/mol. The summed E-state index contributed by atoms with van der Waals surface area (Å²) in [7, 11) is 0. The van der Waals surface area contributed by atoms with Gasteiger partial charge in [0.15, 0.2) is 5.82 Å². The van der Waals surface area contributed by atoms with Gasteiger partial charge in [-0.1, -0.05) is 6.07 Å². The summed E-state index contributed by atoms with van der Waals surface area (Å²) >= 11 is 0. The maximum absolute atomic E-state index is 15.1. The number of pyridine rings is 1. The quantitative estimate of drug-likeness (QED) is 0.613. The number of aryl methyl sites for hydroxylation is 1. The number of hydrogen-bond acceptors (Lipinski definition) is 6. The van der Waals surface area contributed by atoms with Crippen LogP contribution in [0.3, 0.4) is 0 Å². The van der Waals surface area contributed by atoms with Gasteiger partial charge in [-0.3, -0.25) is 4.79 Å². The summed E-state index contributed by atoms with van der Waals surface area (Å²) in [6.45, 7) is 2.38. The van der Waals surface area contributed by atoms with Crippen LogP contribution in [-0.2, 0) is 11.3 Å². The number of imidazole rings is 1. The van der Waals surface area contributed by atoms with Crippen LogP contribution in [0.4, 0.5) is 15.9 Å². The highest BCUT2D eigenvalue weighted by atomic mass is 19.1. The molecule has 4 bridgehead atoms. The molecule has 2 atom stereocenters. The van der Waals surface area contributed by atoms with E-state index in [1.807, 2.05) is 27.8 Å². The predicted molar refractivity (Wildman–Crippen MR) is 120 cm³/mol. The van der Waals surface area contributed by atoms with Crippen molar-refractivity contribution >= 4 is 17.4 Å². The third-order valence-corrected chi connectivity index (χ3v) is 6.38. The van der Waals surface area contributed by atoms with E-state index in [0.29, 0.717) is 36.9 Å². The first-order valence-corrected chi connectivity index (χ1v) is 11.3. The summed E-state index contributed by atoms with van der Waals surface area (Å²) in [5, 5.41) is 2.85. The number of hydrogen-bond donors (Lipinski definition) is 1. The third-order valence-electron chi connectivity index (χ3n) is 6.38. The maximum atomic E-state index is 15.1. The number of piperidine rings is 1. The zero-order chi connectivity index (χ0) is 22.4. The molecule has 0 spiro atoms. The molecule has 3 fully saturated rings. The number of amides is 1. The summed E-state index contributed by atoms with van der Waals surface area (Å²) < 4.78 is 28.7. The second-order valence-corrected chi connectivity index (χ2v) is 8.68. The lowest BCUT2D eigenvalue weighted by atomic mass is 9.97. The molecule has 0 aliphatic carbocycles. The van der Waals surface area contributed by atoms with Gasteiger partial charge in [0, 0.05) is 44.5 Å². The first-order chi connectivity index (χ1) is 16.1. The minimum absolute atomic E-state index is 0.126. The van der Waals surface area contributed by atoms with Crippen molar-refractivity contribution < 1.29 is 18.7 Å². The number of nitrogens with one attached hydrogen (secondary N) is 1. The molecule has 6 heterocycles. The van der Waals surface area contributed by atoms with Crippen molar-refractivity contribution in [3.63, 3.8) is 0 Å². The molecule has 3 aromatic rings. The van der Waals surface area contributed by atoms with Gasteiger partial charge in [0.25, 0.3) is 5.91 Å². The van der Waals surface area contributed by atoms with E-state index in [-0.39, 0.29) is 23.5 Å². The molecule has 8 nitrogen and oxygen atoms in total. The molecule has 170 valence electrons. The average molecular weight is 449 g/mol. The largest absolute Gasteiger partial charge is 0.493 e. The number of halogens is 1. The van der Waals surface area contributed by atoms with Crippen LogP contribution in [0, 0.1) is 5.82 Å². The van der Waals surface area contributed by atoms with Gasteiger partial charge in [0.05, 0.1) is 30.1 Å². The van der Waals surface area contributed by atoms with Crippen molar-refractivity contribution in [1.82, 2.24) is 14.5 Å². The Labute approximate surface area is 190 Å². The van der Waals surface area contributed by atoms with E-state index in [1.165, 1.54) is 6.07 Å². The van der Waals surface area contributed by atoms with Gasteiger partial charge in [-0.25, -0.2) is 14.4 Å². The number of carbonyl (C=O) groups is 1. The number of carbonyl (C=O) groups excluding carboxylic acids is 1. The first kappa shape index (κ1) is 20.2. The average Bonchev–Trinajstić information content (AvgIpc) is 3.27. The van der Waals surface area contributed by atoms with Crippen LogP contribution >= 0.6 is 0 Å². The number of aromatic nitrogens is 3. The number of ether oxygens (including phenoxy) is 2. The molecule has 2 aromatic heterocycles. The van der Waals surface area contributed by atoms with Crippen LogP contribution in [0.2, 0.25) is 0 Å². The molecule has 0 saturated carbocycles. The summed E-state index contributed by atoms with van der Waals surface area (Å²) in [4.78, 5) is 24.3. The fraction of sp³-hybridized carbons (Fsp3) is 0.375. The Morgan fingerprint density at radius 3 is 2.85 bits per heavy atom. The third kappa shape index (κ3) is 3.82. The topological polar surface area (TPSA) is 81.5 Å². The number of nitrogens with zero attached hydrogens (tertiary/aromatic N) is 4. The Balaban J connectivity index is 1.36. The predicted octanol–water partition coefficient (Wildman–Crippen LogP) is 3.49. The number of rotatable bonds is 1. The first-order valence-electron chi connectivity index (χ1n) is 11.3. The van der Waals surface area contributed by atoms with Crippen molar-refractivity contribution in [2.75, 3.05) is 29.9 Å². The van der Waals surface area contributed by atoms with E-state index < -0.39 is 11.7 Å². The molecule has 33 heavy (non-hydrogen) atoms. The van der Waals surface area contributed by atoms with Crippen LogP contribution in [0.15, 0.2) is 42.7 Å². The van der Waals surface area contributed by atoms with Gasteiger partial charge in [0.2, 0.25) is 0 Å². The van der Waals surface area contributed by atoms with E-state index in [1.54, 1.807) is 18.3 Å². The zero-order valence-electron chi connectivity index (χ0n) is 18.0. The van der Waals surface area contributed by atoms with Crippen molar-refractivity contribution in [1.29, 1.82) is 0 Å². The molecule has 1 amide bonds. The molecule has 3 saturated heterocycles. The molecule has 1 aromatic carbocycles. The molecule has 0 radical (unpaired) electrons. The summed E-state index contributed by atoms with van der Waals surface area (Å²) in [5.74, 6) is 0.596. The zero-order valence-corrected chi connectivity index (χ0v) is 18.0. The maximum Gasteiger partial charge on any atom is 0.260 e. The van der Waals surface area contributed by atoms with Crippen molar-refractivity contribution in [2.45, 2.75) is 38.0 Å². The van der Waals surface area contributed by atoms with Crippen LogP contribution in [-0.4, -0.2) is 52.3 Å². The lowest BCUT2D eigenvalue weighted by Crippen LogP contribution is -2.57. The van der Waals surface area contributed by atoms with Crippen molar-refractivity contribution in [3.8, 4) is 17.3 Å². The Kier molecular flexibility index (Phi) is 4.98. The van der Waals surface area contributed by atoms with Gasteiger partial charge < -0.3 is 24.3 Å². The van der Waals surface area contributed by atoms with E-state index in [2.05, 4.69) is 15.3 Å². The number of anilines is 2. The van der Waals surface area contributed by atoms with Gasteiger partial charge in [-0.05, 0) is 31.0 Å². The normalized spacial score (nSPS) is 22.2. The smallest absolute Gasteiger partial charge is 0.260 e. The van der Waals surface area contributed by atoms with Crippen LogP contribution < -0.4 is 15.0 Å². The van der Waals surface area contributed by atoms with Gasteiger partial charge in [0.1, 0.15) is 23.1 Å². The van der Waals surface area contributed by atoms with Gasteiger partial charge >= 0.3 is 0 Å². The number of fused-ring (bicyclic) bond motifs is 7. The van der Waals surface area contributed by atoms with Crippen LogP contribution in [0.5, 0.6) is 5.75 Å². The Hall–Kier alpha value is -3.46. The van der Waals surface area contributed by atoms with Crippen LogP contribution in [0.1, 0.15) is 29.6 Å². The lowest BCUT2D eigenvalue weighted by molar-refractivity contribution is -0.133. The standard InChI is InChI=1S/C24H24FN5O3/c25-18-12-21-17(11-20(18)30-13-15-10-16(14-30)33-15)24(31)28-22-5-3-4-19(27-22)23-26-6-8-29(23)7-1-2-9-32-21/h3-6,8,11-12,15-16H,1-2,7,9-10,13-14H2,(H,27,28,31). The number of morpholine rings is 1. The fourth-order valence-corrected chi connectivity index (χ4v) is 4.74. The van der Waals surface area contributed by atoms with E-state index in [0.717, 1.165) is 31.6 Å². The minimum Gasteiger partial charge on any atom is -0.493 e. The fourth-order valence-electron chi connectivity index (χ4n) is 4.74. The summed E-state index contributed by atoms with van der Waals surface area (Å²) in [5.41, 5.74) is 1.37. The Bertz CT molecular complexity index is 1200. The Morgan fingerprint density at radius 1 is 1.15 bits per heavy atom. The van der Waals surface area contributed by atoms with E-state index in [9.17, 15) is 4.79 Å². The summed E-state index contributed by atoms with van der Waals surface area (Å²) in [6.07, 6.45) is 6.52. The minimum atomic E-state index is -0.396. The Morgan fingerprint density at radius 2 is 2.00 bits per heavy atom. The highest BCUT2D eigenvalue weighted by Gasteiger charge is 2.39. The molecule has 4 aliphatic rings. The van der Waals surface area contributed by atoms with Crippen molar-refractivity contribution in [2.24, 2.45) is 0 Å². The molecule has 2 unspecified atom stereocenters. The van der Waals surface area contributed by atoms with Crippen LogP contribution in [0.25, 0.3) is 11.5 Å². The lowest BCUT2D eigenvalue weighted by Gasteiger charge is -2.48. The van der Waals surface area contributed by atoms with Crippen molar-refractivity contribution in [3.05, 3.63) is 54.1 Å². The summed E-state index contributed by atoms with van der Waals surface area (Å²) in [6, 6.07) is 8.34. The molecule has 1 N–H and O–H groups in total. The molecule has 9 heteroatoms. The number of benzene rings is 1. The molecule has 4 aliphatic heterocycles. The van der Waals surface area contributed by atoms with E-state index >= 15 is 4.39 Å². The SMILES string of the molecule is O=C1Nc2cccc(n2)-c2nccn2CCCCOc2cc(F)c(N3CC4CC(C3)O4)cc21. The second kappa shape index (κ2) is 8.15. The molecule has 7 rings (SSSR count). The molecular formula is C24H24FN5O3. The van der Waals surface area contributed by atoms with Gasteiger partial charge in [-0.15, -0.1) is 0 Å².